The van der Waals surface area contributed by atoms with E-state index in [1.54, 1.807) is 6.20 Å². The largest absolute Gasteiger partial charge is 0.343 e. The van der Waals surface area contributed by atoms with Crippen molar-refractivity contribution in [2.75, 3.05) is 5.32 Å². The van der Waals surface area contributed by atoms with E-state index in [2.05, 4.69) is 20.5 Å². The van der Waals surface area contributed by atoms with Crippen LogP contribution in [0.4, 0.5) is 5.13 Å². The molecule has 2 aromatic heterocycles. The molecule has 1 aromatic carbocycles. The predicted molar refractivity (Wildman–Crippen MR) is 87.8 cm³/mol. The molecule has 0 unspecified atom stereocenters. The van der Waals surface area contributed by atoms with Gasteiger partial charge in [0.05, 0.1) is 0 Å². The number of anilines is 1. The standard InChI is InChI=1S/C14H12ClN5O2S/c15-10-3-1-9(2-4-10)5-11-6-16-13(23-11)18-12(21)7-20-8-17-19-14(20)22/h1-4,6,8H,5,7H2,(H,19,22)(H,16,18,21). The highest BCUT2D eigenvalue weighted by molar-refractivity contribution is 7.15. The first-order chi connectivity index (χ1) is 11.1. The van der Waals surface area contributed by atoms with Gasteiger partial charge in [-0.3, -0.25) is 9.36 Å². The maximum atomic E-state index is 11.9. The minimum Gasteiger partial charge on any atom is -0.300 e. The van der Waals surface area contributed by atoms with Crippen LogP contribution in [0.3, 0.4) is 0 Å². The van der Waals surface area contributed by atoms with Gasteiger partial charge in [-0.15, -0.1) is 11.3 Å². The van der Waals surface area contributed by atoms with E-state index in [9.17, 15) is 9.59 Å². The molecule has 0 aliphatic rings. The van der Waals surface area contributed by atoms with Gasteiger partial charge in [0, 0.05) is 22.5 Å². The van der Waals surface area contributed by atoms with E-state index in [4.69, 9.17) is 11.6 Å². The van der Waals surface area contributed by atoms with Gasteiger partial charge in [0.1, 0.15) is 12.9 Å². The van der Waals surface area contributed by atoms with Gasteiger partial charge in [0.15, 0.2) is 5.13 Å². The molecule has 118 valence electrons. The van der Waals surface area contributed by atoms with Crippen LogP contribution in [0, 0.1) is 0 Å². The number of nitrogens with zero attached hydrogens (tertiary/aromatic N) is 3. The summed E-state index contributed by atoms with van der Waals surface area (Å²) in [4.78, 5) is 28.3. The van der Waals surface area contributed by atoms with Crippen LogP contribution < -0.4 is 11.0 Å². The fourth-order valence-corrected chi connectivity index (χ4v) is 2.94. The van der Waals surface area contributed by atoms with E-state index >= 15 is 0 Å². The van der Waals surface area contributed by atoms with E-state index in [1.807, 2.05) is 24.3 Å². The lowest BCUT2D eigenvalue weighted by Gasteiger charge is -2.01. The highest BCUT2D eigenvalue weighted by atomic mass is 35.5. The highest BCUT2D eigenvalue weighted by Crippen LogP contribution is 2.22. The molecule has 1 amide bonds. The number of aromatic amines is 1. The van der Waals surface area contributed by atoms with Crippen LogP contribution in [0.1, 0.15) is 10.4 Å². The van der Waals surface area contributed by atoms with Crippen LogP contribution in [-0.4, -0.2) is 25.7 Å². The highest BCUT2D eigenvalue weighted by Gasteiger charge is 2.09. The molecule has 0 aliphatic carbocycles. The number of carbonyl (C=O) groups excluding carboxylic acids is 1. The maximum absolute atomic E-state index is 11.9. The molecule has 7 nitrogen and oxygen atoms in total. The lowest BCUT2D eigenvalue weighted by atomic mass is 10.1. The number of halogens is 1. The summed E-state index contributed by atoms with van der Waals surface area (Å²) in [5, 5.41) is 9.65. The summed E-state index contributed by atoms with van der Waals surface area (Å²) in [7, 11) is 0. The molecule has 0 radical (unpaired) electrons. The molecule has 0 aliphatic heterocycles. The number of benzene rings is 1. The summed E-state index contributed by atoms with van der Waals surface area (Å²) >= 11 is 7.25. The summed E-state index contributed by atoms with van der Waals surface area (Å²) in [6.45, 7) is -0.110. The Kier molecular flexibility index (Phi) is 4.54. The second-order valence-electron chi connectivity index (χ2n) is 4.77. The zero-order chi connectivity index (χ0) is 16.2. The summed E-state index contributed by atoms with van der Waals surface area (Å²) < 4.78 is 1.18. The number of nitrogens with one attached hydrogen (secondary N) is 2. The van der Waals surface area contributed by atoms with Crippen molar-refractivity contribution in [3.8, 4) is 0 Å². The van der Waals surface area contributed by atoms with Crippen LogP contribution in [0.2, 0.25) is 5.02 Å². The Morgan fingerprint density at radius 2 is 2.13 bits per heavy atom. The molecule has 0 atom stereocenters. The van der Waals surface area contributed by atoms with Crippen LogP contribution in [0.5, 0.6) is 0 Å². The van der Waals surface area contributed by atoms with Gasteiger partial charge >= 0.3 is 5.69 Å². The minimum atomic E-state index is -0.428. The zero-order valence-electron chi connectivity index (χ0n) is 11.8. The number of hydrogen-bond donors (Lipinski definition) is 2. The smallest absolute Gasteiger partial charge is 0.300 e. The SMILES string of the molecule is O=C(Cn1cn[nH]c1=O)Nc1ncc(Cc2ccc(Cl)cc2)s1. The van der Waals surface area contributed by atoms with Gasteiger partial charge in [-0.2, -0.15) is 5.10 Å². The monoisotopic (exact) mass is 349 g/mol. The molecule has 23 heavy (non-hydrogen) atoms. The Hall–Kier alpha value is -2.45. The number of thiazole rings is 1. The lowest BCUT2D eigenvalue weighted by Crippen LogP contribution is -2.25. The predicted octanol–water partition coefficient (Wildman–Crippen LogP) is 1.91. The second kappa shape index (κ2) is 6.76. The normalized spacial score (nSPS) is 10.7. The van der Waals surface area contributed by atoms with Crippen LogP contribution in [-0.2, 0) is 17.8 Å². The van der Waals surface area contributed by atoms with Crippen molar-refractivity contribution in [2.24, 2.45) is 0 Å². The Morgan fingerprint density at radius 1 is 1.35 bits per heavy atom. The second-order valence-corrected chi connectivity index (χ2v) is 6.32. The molecule has 9 heteroatoms. The molecule has 3 rings (SSSR count). The fraction of sp³-hybridized carbons (Fsp3) is 0.143. The Morgan fingerprint density at radius 3 is 2.83 bits per heavy atom. The number of rotatable bonds is 5. The van der Waals surface area contributed by atoms with Crippen molar-refractivity contribution < 1.29 is 4.79 Å². The van der Waals surface area contributed by atoms with Crippen molar-refractivity contribution in [1.29, 1.82) is 0 Å². The van der Waals surface area contributed by atoms with E-state index in [0.717, 1.165) is 10.4 Å². The van der Waals surface area contributed by atoms with Crippen LogP contribution in [0.15, 0.2) is 41.6 Å². The third-order valence-electron chi connectivity index (χ3n) is 3.02. The van der Waals surface area contributed by atoms with Crippen LogP contribution >= 0.6 is 22.9 Å². The first-order valence-corrected chi connectivity index (χ1v) is 7.88. The molecule has 2 N–H and O–H groups in total. The molecule has 0 spiro atoms. The molecule has 0 fully saturated rings. The number of aromatic nitrogens is 4. The Balaban J connectivity index is 1.60. The summed E-state index contributed by atoms with van der Waals surface area (Å²) in [5.74, 6) is -0.333. The van der Waals surface area contributed by atoms with Gasteiger partial charge in [-0.25, -0.2) is 14.9 Å². The molecule has 0 saturated carbocycles. The maximum Gasteiger partial charge on any atom is 0.343 e. The van der Waals surface area contributed by atoms with E-state index in [0.29, 0.717) is 16.6 Å². The number of hydrogen-bond acceptors (Lipinski definition) is 5. The van der Waals surface area contributed by atoms with E-state index in [-0.39, 0.29) is 12.5 Å². The molecule has 0 saturated heterocycles. The summed E-state index contributed by atoms with van der Waals surface area (Å²) in [6, 6.07) is 7.57. The number of H-pyrrole nitrogens is 1. The Labute approximate surface area is 140 Å². The van der Waals surface area contributed by atoms with Crippen molar-refractivity contribution in [1.82, 2.24) is 19.7 Å². The van der Waals surface area contributed by atoms with Crippen molar-refractivity contribution in [2.45, 2.75) is 13.0 Å². The van der Waals surface area contributed by atoms with Gasteiger partial charge in [0.25, 0.3) is 0 Å². The van der Waals surface area contributed by atoms with Gasteiger partial charge < -0.3 is 5.32 Å². The van der Waals surface area contributed by atoms with E-state index in [1.165, 1.54) is 22.2 Å². The first-order valence-electron chi connectivity index (χ1n) is 6.69. The van der Waals surface area contributed by atoms with Crippen molar-refractivity contribution in [3.05, 3.63) is 62.7 Å². The fourth-order valence-electron chi connectivity index (χ4n) is 1.95. The van der Waals surface area contributed by atoms with E-state index < -0.39 is 5.69 Å². The van der Waals surface area contributed by atoms with Crippen molar-refractivity contribution in [3.63, 3.8) is 0 Å². The topological polar surface area (TPSA) is 92.7 Å². The zero-order valence-corrected chi connectivity index (χ0v) is 13.4. The molecule has 0 bridgehead atoms. The van der Waals surface area contributed by atoms with Gasteiger partial charge in [0.2, 0.25) is 5.91 Å². The molecule has 2 heterocycles. The number of carbonyl (C=O) groups is 1. The third-order valence-corrected chi connectivity index (χ3v) is 4.19. The van der Waals surface area contributed by atoms with Crippen LogP contribution in [0.25, 0.3) is 0 Å². The molecular weight excluding hydrogens is 338 g/mol. The average Bonchev–Trinajstić information content (AvgIpc) is 3.11. The van der Waals surface area contributed by atoms with Crippen molar-refractivity contribution >= 4 is 34.0 Å². The average molecular weight is 350 g/mol. The number of amides is 1. The molecular formula is C14H12ClN5O2S. The molecule has 3 aromatic rings. The minimum absolute atomic E-state index is 0.110. The summed E-state index contributed by atoms with van der Waals surface area (Å²) in [5.41, 5.74) is 0.684. The third kappa shape index (κ3) is 4.05. The quantitative estimate of drug-likeness (QED) is 0.736. The first kappa shape index (κ1) is 15.4. The summed E-state index contributed by atoms with van der Waals surface area (Å²) in [6.07, 6.45) is 3.71. The Bertz CT molecular complexity index is 868. The van der Waals surface area contributed by atoms with Gasteiger partial charge in [-0.05, 0) is 17.7 Å². The van der Waals surface area contributed by atoms with Gasteiger partial charge in [-0.1, -0.05) is 23.7 Å². The lowest BCUT2D eigenvalue weighted by molar-refractivity contribution is -0.116.